The Hall–Kier alpha value is -1.10. The van der Waals surface area contributed by atoms with Gasteiger partial charge in [-0.3, -0.25) is 0 Å². The van der Waals surface area contributed by atoms with Gasteiger partial charge in [-0.25, -0.2) is 0 Å². The highest BCUT2D eigenvalue weighted by Crippen LogP contribution is 2.37. The van der Waals surface area contributed by atoms with Crippen LogP contribution in [0.5, 0.6) is 0 Å². The average molecular weight is 326 g/mol. The molecule has 2 nitrogen and oxygen atoms in total. The minimum Gasteiger partial charge on any atom is -0.399 e. The van der Waals surface area contributed by atoms with E-state index in [9.17, 15) is 0 Å². The van der Waals surface area contributed by atoms with Gasteiger partial charge in [-0.05, 0) is 44.3 Å². The molecule has 0 radical (unpaired) electrons. The summed E-state index contributed by atoms with van der Waals surface area (Å²) in [5.74, 6) is 0. The van der Waals surface area contributed by atoms with E-state index in [-0.39, 0.29) is 18.3 Å². The lowest BCUT2D eigenvalue weighted by molar-refractivity contribution is 0.00578. The van der Waals surface area contributed by atoms with Gasteiger partial charge in [0.25, 0.3) is 0 Å². The van der Waals surface area contributed by atoms with Gasteiger partial charge in [-0.1, -0.05) is 61.2 Å². The molecule has 1 saturated heterocycles. The molecule has 0 N–H and O–H groups in total. The second-order valence-electron chi connectivity index (χ2n) is 8.66. The smallest absolute Gasteiger partial charge is 0.399 e. The van der Waals surface area contributed by atoms with E-state index in [1.165, 1.54) is 16.3 Å². The number of fused-ring (bicyclic) bond motifs is 1. The largest absolute Gasteiger partial charge is 0.494 e. The van der Waals surface area contributed by atoms with Gasteiger partial charge >= 0.3 is 7.12 Å². The molecular weight excluding hydrogens is 299 g/mol. The van der Waals surface area contributed by atoms with Crippen molar-refractivity contribution in [2.45, 2.75) is 58.5 Å². The molecule has 0 spiro atoms. The van der Waals surface area contributed by atoms with Gasteiger partial charge in [0.2, 0.25) is 0 Å². The van der Waals surface area contributed by atoms with E-state index in [1.54, 1.807) is 0 Å². The third-order valence-electron chi connectivity index (χ3n) is 5.25. The molecule has 0 amide bonds. The van der Waals surface area contributed by atoms with Crippen molar-refractivity contribution in [1.82, 2.24) is 0 Å². The average Bonchev–Trinajstić information content (AvgIpc) is 2.80. The van der Waals surface area contributed by atoms with Gasteiger partial charge in [-0.15, -0.1) is 0 Å². The highest BCUT2D eigenvalue weighted by atomic mass is 28.3. The summed E-state index contributed by atoms with van der Waals surface area (Å²) < 4.78 is 12.3. The molecule has 3 rings (SSSR count). The fourth-order valence-electron chi connectivity index (χ4n) is 2.89. The van der Waals surface area contributed by atoms with Crippen molar-refractivity contribution in [3.05, 3.63) is 36.4 Å². The minimum atomic E-state index is -1.28. The molecule has 0 bridgehead atoms. The molecule has 0 unspecified atom stereocenters. The normalized spacial score (nSPS) is 20.2. The van der Waals surface area contributed by atoms with Crippen LogP contribution in [0.4, 0.5) is 0 Å². The van der Waals surface area contributed by atoms with Crippen molar-refractivity contribution in [3.8, 4) is 11.1 Å². The predicted octanol–water partition coefficient (Wildman–Crippen LogP) is 3.64. The second kappa shape index (κ2) is 5.20. The van der Waals surface area contributed by atoms with E-state index in [0.717, 1.165) is 5.46 Å². The van der Waals surface area contributed by atoms with Crippen LogP contribution in [0.2, 0.25) is 19.6 Å². The Morgan fingerprint density at radius 3 is 1.61 bits per heavy atom. The van der Waals surface area contributed by atoms with Crippen LogP contribution in [-0.2, 0) is 9.31 Å². The van der Waals surface area contributed by atoms with Crippen LogP contribution in [0, 0.1) is 0 Å². The van der Waals surface area contributed by atoms with Gasteiger partial charge in [0.1, 0.15) is 0 Å². The second-order valence-corrected chi connectivity index (χ2v) is 13.7. The Bertz CT molecular complexity index is 653. The summed E-state index contributed by atoms with van der Waals surface area (Å²) in [5, 5.41) is 1.48. The molecule has 0 aromatic rings. The summed E-state index contributed by atoms with van der Waals surface area (Å²) in [4.78, 5) is 0. The molecule has 2 aliphatic carbocycles. The van der Waals surface area contributed by atoms with E-state index >= 15 is 0 Å². The molecular formula is C19H27BO2Si. The Kier molecular flexibility index (Phi) is 3.79. The molecule has 0 saturated carbocycles. The summed E-state index contributed by atoms with van der Waals surface area (Å²) in [7, 11) is -1.57. The first-order chi connectivity index (χ1) is 10.5. The van der Waals surface area contributed by atoms with E-state index < -0.39 is 8.07 Å². The predicted molar refractivity (Wildman–Crippen MR) is 102 cm³/mol. The topological polar surface area (TPSA) is 18.5 Å². The fraction of sp³-hybridized carbons (Fsp3) is 0.474. The monoisotopic (exact) mass is 326 g/mol. The first-order valence-corrected chi connectivity index (χ1v) is 11.9. The number of hydrogen-bond acceptors (Lipinski definition) is 2. The summed E-state index contributed by atoms with van der Waals surface area (Å²) in [5.41, 5.74) is 3.02. The van der Waals surface area contributed by atoms with Crippen molar-refractivity contribution in [2.24, 2.45) is 0 Å². The van der Waals surface area contributed by atoms with Gasteiger partial charge < -0.3 is 9.31 Å². The van der Waals surface area contributed by atoms with E-state index in [4.69, 9.17) is 9.31 Å². The molecule has 0 aromatic carbocycles. The standard InChI is InChI=1S/C19H27BO2Si/c1-18(2)19(3,4)22-20(21-18)16-12-14-8-10-17(23(5,6)7)11-9-15(14)13-16/h8-13H,1-7H3. The van der Waals surface area contributed by atoms with Gasteiger partial charge in [-0.2, -0.15) is 0 Å². The molecule has 1 heterocycles. The molecule has 4 heteroatoms. The SMILES string of the molecule is CC1(C)OB(c2cc3ccc([Si](C)(C)C)ccc-3c2)OC1(C)C. The zero-order valence-electron chi connectivity index (χ0n) is 15.4. The zero-order valence-corrected chi connectivity index (χ0v) is 16.4. The molecule has 0 aromatic heterocycles. The molecule has 1 fully saturated rings. The lowest BCUT2D eigenvalue weighted by Crippen LogP contribution is -2.41. The molecule has 3 aliphatic rings. The van der Waals surface area contributed by atoms with Gasteiger partial charge in [0.05, 0.1) is 19.3 Å². The van der Waals surface area contributed by atoms with Crippen molar-refractivity contribution in [1.29, 1.82) is 0 Å². The minimum absolute atomic E-state index is 0.283. The van der Waals surface area contributed by atoms with Crippen molar-refractivity contribution >= 4 is 25.8 Å². The summed E-state index contributed by atoms with van der Waals surface area (Å²) in [6.07, 6.45) is 0. The maximum absolute atomic E-state index is 6.17. The van der Waals surface area contributed by atoms with Crippen LogP contribution in [0.1, 0.15) is 27.7 Å². The van der Waals surface area contributed by atoms with E-state index in [2.05, 4.69) is 83.7 Å². The number of hydrogen-bond donors (Lipinski definition) is 0. The summed E-state index contributed by atoms with van der Waals surface area (Å²) >= 11 is 0. The van der Waals surface area contributed by atoms with Gasteiger partial charge in [0, 0.05) is 0 Å². The molecule has 122 valence electrons. The zero-order chi connectivity index (χ0) is 17.0. The Labute approximate surface area is 141 Å². The number of rotatable bonds is 2. The summed E-state index contributed by atoms with van der Waals surface area (Å²) in [6, 6.07) is 13.4. The van der Waals surface area contributed by atoms with E-state index in [1.807, 2.05) is 0 Å². The van der Waals surface area contributed by atoms with Crippen LogP contribution in [0.3, 0.4) is 0 Å². The molecule has 23 heavy (non-hydrogen) atoms. The Morgan fingerprint density at radius 1 is 0.783 bits per heavy atom. The maximum atomic E-state index is 6.17. The van der Waals surface area contributed by atoms with Gasteiger partial charge in [0.15, 0.2) is 0 Å². The summed E-state index contributed by atoms with van der Waals surface area (Å²) in [6.45, 7) is 15.5. The van der Waals surface area contributed by atoms with Crippen molar-refractivity contribution < 1.29 is 9.31 Å². The maximum Gasteiger partial charge on any atom is 0.494 e. The highest BCUT2D eigenvalue weighted by molar-refractivity contribution is 6.88. The van der Waals surface area contributed by atoms with Crippen LogP contribution in [-0.4, -0.2) is 26.4 Å². The third kappa shape index (κ3) is 3.00. The highest BCUT2D eigenvalue weighted by Gasteiger charge is 2.51. The van der Waals surface area contributed by atoms with Crippen LogP contribution in [0.25, 0.3) is 11.1 Å². The molecule has 1 aliphatic heterocycles. The Balaban J connectivity index is 1.95. The Morgan fingerprint density at radius 2 is 1.22 bits per heavy atom. The first kappa shape index (κ1) is 16.7. The first-order valence-electron chi connectivity index (χ1n) is 8.39. The fourth-order valence-corrected chi connectivity index (χ4v) is 4.05. The third-order valence-corrected chi connectivity index (χ3v) is 7.32. The molecule has 0 atom stereocenters. The lowest BCUT2D eigenvalue weighted by Gasteiger charge is -2.32. The van der Waals surface area contributed by atoms with Crippen LogP contribution < -0.4 is 10.6 Å². The van der Waals surface area contributed by atoms with Crippen molar-refractivity contribution in [3.63, 3.8) is 0 Å². The quantitative estimate of drug-likeness (QED) is 0.785. The van der Waals surface area contributed by atoms with Crippen molar-refractivity contribution in [2.75, 3.05) is 0 Å². The van der Waals surface area contributed by atoms with Crippen LogP contribution in [0.15, 0.2) is 36.4 Å². The lowest BCUT2D eigenvalue weighted by atomic mass is 9.81. The van der Waals surface area contributed by atoms with Crippen LogP contribution >= 0.6 is 0 Å². The van der Waals surface area contributed by atoms with E-state index in [0.29, 0.717) is 0 Å².